The van der Waals surface area contributed by atoms with Crippen LogP contribution in [-0.2, 0) is 19.9 Å². The maximum Gasteiger partial charge on any atom is 0.395 e. The number of hydrogen-bond acceptors (Lipinski definition) is 8. The number of nitrogens with two attached hydrogens (primary N) is 1. The van der Waals surface area contributed by atoms with E-state index in [1.54, 1.807) is 0 Å². The number of alkyl halides is 8. The van der Waals surface area contributed by atoms with Crippen molar-refractivity contribution in [3.63, 3.8) is 0 Å². The molecule has 2 aliphatic rings. The molecule has 20 heteroatoms. The summed E-state index contributed by atoms with van der Waals surface area (Å²) in [5, 5.41) is 7.34. The van der Waals surface area contributed by atoms with Crippen molar-refractivity contribution in [3.05, 3.63) is 83.2 Å². The molecule has 54 heavy (non-hydrogen) atoms. The number of halogens is 9. The largest absolute Gasteiger partial charge is 0.463 e. The minimum atomic E-state index is -4.67. The van der Waals surface area contributed by atoms with Crippen molar-refractivity contribution in [1.82, 2.24) is 29.4 Å². The van der Waals surface area contributed by atoms with E-state index >= 15 is 4.39 Å². The van der Waals surface area contributed by atoms with Crippen LogP contribution >= 0.6 is 11.6 Å². The molecule has 11 nitrogen and oxygen atoms in total. The second-order valence-electron chi connectivity index (χ2n) is 13.7. The third-order valence-electron chi connectivity index (χ3n) is 9.30. The van der Waals surface area contributed by atoms with E-state index in [0.717, 1.165) is 22.1 Å². The van der Waals surface area contributed by atoms with Gasteiger partial charge >= 0.3 is 18.7 Å². The van der Waals surface area contributed by atoms with Gasteiger partial charge in [-0.25, -0.2) is 32.5 Å². The molecule has 1 amide bonds. The molecule has 6 rings (SSSR count). The number of rotatable bonds is 13. The molecule has 2 aromatic heterocycles. The first kappa shape index (κ1) is 38.6. The number of guanidine groups is 1. The van der Waals surface area contributed by atoms with Crippen molar-refractivity contribution < 1.29 is 49.4 Å². The van der Waals surface area contributed by atoms with Gasteiger partial charge in [0, 0.05) is 18.2 Å². The highest BCUT2D eigenvalue weighted by Crippen LogP contribution is 2.60. The molecule has 1 aliphatic heterocycles. The number of carbonyl (C=O) groups is 2. The van der Waals surface area contributed by atoms with Gasteiger partial charge in [0.25, 0.3) is 12.3 Å². The molecule has 1 fully saturated rings. The molecule has 3 heterocycles. The van der Waals surface area contributed by atoms with Crippen LogP contribution in [0.2, 0.25) is 5.02 Å². The number of nitrogens with zero attached hydrogens (tertiary/aromatic N) is 7. The third-order valence-corrected chi connectivity index (χ3v) is 9.62. The average Bonchev–Trinajstić information content (AvgIpc) is 3.40. The second kappa shape index (κ2) is 14.0. The first-order chi connectivity index (χ1) is 25.2. The predicted molar refractivity (Wildman–Crippen MR) is 176 cm³/mol. The van der Waals surface area contributed by atoms with Crippen LogP contribution in [0.1, 0.15) is 75.5 Å². The van der Waals surface area contributed by atoms with Crippen molar-refractivity contribution in [2.75, 3.05) is 6.61 Å². The van der Waals surface area contributed by atoms with Crippen LogP contribution in [-0.4, -0.2) is 65.7 Å². The molecule has 0 bridgehead atoms. The molecule has 1 saturated carbocycles. The number of amides is 1. The summed E-state index contributed by atoms with van der Waals surface area (Å²) in [6.45, 7) is -1.29. The third kappa shape index (κ3) is 7.37. The summed E-state index contributed by atoms with van der Waals surface area (Å²) < 4.78 is 117. The Morgan fingerprint density at radius 1 is 1.02 bits per heavy atom. The number of aliphatic imine (C=N–C) groups is 1. The SMILES string of the molecule is CC(C)(F)C[C@]1(c2ccc(-c3cnn(C(F)F)c3)cc2)N=C(N)N([C@H](COC(=O)CC2(C(F)(F)F)CC2)c2ccc(Cl)c(-n3ncnc3C(F)F)c2)C1=O. The normalized spacial score (nSPS) is 19.1. The van der Waals surface area contributed by atoms with Crippen LogP contribution in [0.4, 0.5) is 35.1 Å². The summed E-state index contributed by atoms with van der Waals surface area (Å²) in [5.74, 6) is -3.44. The molecule has 0 saturated heterocycles. The van der Waals surface area contributed by atoms with E-state index in [9.17, 15) is 40.3 Å². The zero-order valence-electron chi connectivity index (χ0n) is 28.4. The van der Waals surface area contributed by atoms with Crippen molar-refractivity contribution in [3.8, 4) is 16.8 Å². The summed E-state index contributed by atoms with van der Waals surface area (Å²) >= 11 is 6.37. The summed E-state index contributed by atoms with van der Waals surface area (Å²) in [5.41, 5.74) is 0.782. The summed E-state index contributed by atoms with van der Waals surface area (Å²) in [4.78, 5) is 36.5. The lowest BCUT2D eigenvalue weighted by atomic mass is 9.80. The minimum absolute atomic E-state index is 0.0445. The Kier molecular flexibility index (Phi) is 10.00. The van der Waals surface area contributed by atoms with Crippen LogP contribution in [0.5, 0.6) is 0 Å². The lowest BCUT2D eigenvalue weighted by Crippen LogP contribution is -2.48. The Hall–Kier alpha value is -5.07. The van der Waals surface area contributed by atoms with Crippen molar-refractivity contribution in [1.29, 1.82) is 0 Å². The van der Waals surface area contributed by atoms with Gasteiger partial charge < -0.3 is 10.5 Å². The van der Waals surface area contributed by atoms with E-state index in [1.807, 2.05) is 0 Å². The van der Waals surface area contributed by atoms with Crippen molar-refractivity contribution in [2.45, 2.75) is 75.9 Å². The molecule has 2 N–H and O–H groups in total. The van der Waals surface area contributed by atoms with E-state index < -0.39 is 84.9 Å². The number of carbonyl (C=O) groups excluding carboxylic acids is 2. The monoisotopic (exact) mass is 786 g/mol. The maximum absolute atomic E-state index is 15.6. The molecule has 288 valence electrons. The van der Waals surface area contributed by atoms with Gasteiger partial charge in [-0.2, -0.15) is 32.1 Å². The first-order valence-electron chi connectivity index (χ1n) is 16.3. The van der Waals surface area contributed by atoms with Gasteiger partial charge in [0.05, 0.1) is 34.8 Å². The molecule has 1 aliphatic carbocycles. The highest BCUT2D eigenvalue weighted by molar-refractivity contribution is 6.32. The standard InChI is InChI=1S/C34H31ClF8N8O3/c1-31(2,40)16-33(21-6-3-18(4-7-21)20-13-46-49(14-20)29(38)39)28(53)50(30(44)48-33)24(15-54-25(52)12-32(9-10-32)34(41,42)43)19-5-8-22(35)23(11-19)51-27(26(36)37)45-17-47-51/h3-8,11,13-14,17,24,26,29H,9-10,12,15-16H2,1-2H3,(H2,44,48)/t24-,33-/m1/s1. The Morgan fingerprint density at radius 2 is 1.70 bits per heavy atom. The summed E-state index contributed by atoms with van der Waals surface area (Å²) in [6.07, 6.45) is -6.73. The van der Waals surface area contributed by atoms with E-state index in [1.165, 1.54) is 62.5 Å². The molecule has 2 atom stereocenters. The minimum Gasteiger partial charge on any atom is -0.463 e. The van der Waals surface area contributed by atoms with Crippen LogP contribution in [0, 0.1) is 5.41 Å². The molecule has 4 aromatic rings. The molecule has 0 unspecified atom stereocenters. The average molecular weight is 787 g/mol. The second-order valence-corrected chi connectivity index (χ2v) is 14.1. The van der Waals surface area contributed by atoms with Gasteiger partial charge in [-0.05, 0) is 55.5 Å². The quantitative estimate of drug-likeness (QED) is 0.109. The fourth-order valence-electron chi connectivity index (χ4n) is 6.46. The van der Waals surface area contributed by atoms with Gasteiger partial charge in [0.1, 0.15) is 18.6 Å². The molecule has 2 aromatic carbocycles. The number of ether oxygens (including phenoxy) is 1. The number of aromatic nitrogens is 5. The Bertz CT molecular complexity index is 2080. The summed E-state index contributed by atoms with van der Waals surface area (Å²) in [7, 11) is 0. The Labute approximate surface area is 306 Å². The predicted octanol–water partition coefficient (Wildman–Crippen LogP) is 7.62. The Morgan fingerprint density at radius 3 is 2.28 bits per heavy atom. The molecular weight excluding hydrogens is 756 g/mol. The Balaban J connectivity index is 1.40. The molecule has 0 spiro atoms. The fourth-order valence-corrected chi connectivity index (χ4v) is 6.66. The lowest BCUT2D eigenvalue weighted by molar-refractivity contribution is -0.195. The highest BCUT2D eigenvalue weighted by atomic mass is 35.5. The first-order valence-corrected chi connectivity index (χ1v) is 16.6. The van der Waals surface area contributed by atoms with Crippen LogP contribution in [0.15, 0.2) is 66.2 Å². The van der Waals surface area contributed by atoms with E-state index in [4.69, 9.17) is 22.1 Å². The van der Waals surface area contributed by atoms with Crippen LogP contribution < -0.4 is 5.73 Å². The van der Waals surface area contributed by atoms with Gasteiger partial charge in [-0.15, -0.1) is 0 Å². The van der Waals surface area contributed by atoms with Crippen LogP contribution in [0.25, 0.3) is 16.8 Å². The van der Waals surface area contributed by atoms with Gasteiger partial charge in [-0.3, -0.25) is 14.5 Å². The number of esters is 1. The highest BCUT2D eigenvalue weighted by Gasteiger charge is 2.64. The van der Waals surface area contributed by atoms with Gasteiger partial charge in [-0.1, -0.05) is 41.9 Å². The molecular formula is C34H31ClF8N8O3. The lowest BCUT2D eigenvalue weighted by Gasteiger charge is -2.33. The summed E-state index contributed by atoms with van der Waals surface area (Å²) in [6, 6.07) is 8.19. The van der Waals surface area contributed by atoms with Gasteiger partial charge in [0.2, 0.25) is 0 Å². The fraction of sp³-hybridized carbons (Fsp3) is 0.412. The topological polar surface area (TPSA) is 134 Å². The van der Waals surface area contributed by atoms with Crippen molar-refractivity contribution >= 4 is 29.4 Å². The number of hydrogen-bond donors (Lipinski definition) is 1. The van der Waals surface area contributed by atoms with E-state index in [2.05, 4.69) is 20.2 Å². The molecule has 0 radical (unpaired) electrons. The van der Waals surface area contributed by atoms with Crippen molar-refractivity contribution in [2.24, 2.45) is 16.1 Å². The zero-order valence-corrected chi connectivity index (χ0v) is 29.1. The van der Waals surface area contributed by atoms with E-state index in [0.29, 0.717) is 15.8 Å². The number of benzene rings is 2. The van der Waals surface area contributed by atoms with Crippen LogP contribution in [0.3, 0.4) is 0 Å². The maximum atomic E-state index is 15.6. The van der Waals surface area contributed by atoms with Gasteiger partial charge in [0.15, 0.2) is 17.3 Å². The smallest absolute Gasteiger partial charge is 0.395 e. The zero-order chi connectivity index (χ0) is 39.4. The van der Waals surface area contributed by atoms with E-state index in [-0.39, 0.29) is 34.7 Å².